The number of rotatable bonds is 1. The first-order valence-electron chi connectivity index (χ1n) is 4.72. The highest BCUT2D eigenvalue weighted by atomic mass is 16.5. The van der Waals surface area contributed by atoms with Crippen LogP contribution >= 0.6 is 0 Å². The van der Waals surface area contributed by atoms with Crippen LogP contribution in [0.15, 0.2) is 18.2 Å². The maximum absolute atomic E-state index is 5.80. The lowest BCUT2D eigenvalue weighted by molar-refractivity contribution is 0.254. The fourth-order valence-corrected chi connectivity index (χ4v) is 1.73. The average Bonchev–Trinajstić information content (AvgIpc) is 2.42. The first-order chi connectivity index (χ1) is 6.16. The van der Waals surface area contributed by atoms with Crippen LogP contribution in [0.3, 0.4) is 0 Å². The van der Waals surface area contributed by atoms with Gasteiger partial charge in [-0.2, -0.15) is 0 Å². The van der Waals surface area contributed by atoms with E-state index in [1.807, 2.05) is 19.1 Å². The topological polar surface area (TPSA) is 35.2 Å². The van der Waals surface area contributed by atoms with Gasteiger partial charge < -0.3 is 10.5 Å². The first-order valence-corrected chi connectivity index (χ1v) is 4.72. The molecule has 0 fully saturated rings. The summed E-state index contributed by atoms with van der Waals surface area (Å²) in [6, 6.07) is 6.34. The number of benzene rings is 1. The fraction of sp³-hybridized carbons (Fsp3) is 0.455. The van der Waals surface area contributed by atoms with Gasteiger partial charge in [0.05, 0.1) is 0 Å². The minimum absolute atomic E-state index is 0.112. The van der Waals surface area contributed by atoms with E-state index in [0.717, 1.165) is 12.2 Å². The summed E-state index contributed by atoms with van der Waals surface area (Å²) in [6.45, 7) is 4.09. The highest BCUT2D eigenvalue weighted by Crippen LogP contribution is 2.30. The van der Waals surface area contributed by atoms with E-state index in [2.05, 4.69) is 13.0 Å². The first kappa shape index (κ1) is 8.57. The zero-order valence-corrected chi connectivity index (χ0v) is 8.08. The normalized spacial score (nSPS) is 22.2. The molecule has 0 saturated carbocycles. The third-order valence-electron chi connectivity index (χ3n) is 2.45. The third-order valence-corrected chi connectivity index (χ3v) is 2.45. The van der Waals surface area contributed by atoms with Gasteiger partial charge in [0, 0.05) is 12.5 Å². The van der Waals surface area contributed by atoms with E-state index in [9.17, 15) is 0 Å². The van der Waals surface area contributed by atoms with Crippen molar-refractivity contribution in [1.82, 2.24) is 0 Å². The molecule has 0 unspecified atom stereocenters. The lowest BCUT2D eigenvalue weighted by atomic mass is 10.0. The van der Waals surface area contributed by atoms with Gasteiger partial charge in [0.15, 0.2) is 0 Å². The van der Waals surface area contributed by atoms with Crippen LogP contribution in [-0.2, 0) is 6.42 Å². The van der Waals surface area contributed by atoms with E-state index in [1.165, 1.54) is 11.1 Å². The van der Waals surface area contributed by atoms with Crippen LogP contribution in [0.2, 0.25) is 0 Å². The standard InChI is InChI=1S/C11H15NO/c1-7-5-10-6-9(8(2)12)3-4-11(10)13-7/h3-4,6-8H,5,12H2,1-2H3/t7-,8+/m1/s1. The van der Waals surface area contributed by atoms with Gasteiger partial charge >= 0.3 is 0 Å². The maximum Gasteiger partial charge on any atom is 0.123 e. The van der Waals surface area contributed by atoms with Crippen LogP contribution < -0.4 is 10.5 Å². The smallest absolute Gasteiger partial charge is 0.123 e. The van der Waals surface area contributed by atoms with E-state index in [-0.39, 0.29) is 6.04 Å². The lowest BCUT2D eigenvalue weighted by Gasteiger charge is -2.06. The van der Waals surface area contributed by atoms with E-state index in [1.54, 1.807) is 0 Å². The van der Waals surface area contributed by atoms with Gasteiger partial charge in [-0.1, -0.05) is 12.1 Å². The Bertz CT molecular complexity index is 320. The van der Waals surface area contributed by atoms with Crippen LogP contribution in [0.5, 0.6) is 5.75 Å². The highest BCUT2D eigenvalue weighted by molar-refractivity contribution is 5.41. The molecular formula is C11H15NO. The van der Waals surface area contributed by atoms with Crippen LogP contribution in [0.4, 0.5) is 0 Å². The number of hydrogen-bond acceptors (Lipinski definition) is 2. The molecule has 0 amide bonds. The molecule has 13 heavy (non-hydrogen) atoms. The Balaban J connectivity index is 2.35. The number of nitrogens with two attached hydrogens (primary N) is 1. The Morgan fingerprint density at radius 2 is 2.31 bits per heavy atom. The van der Waals surface area contributed by atoms with Gasteiger partial charge in [0.25, 0.3) is 0 Å². The van der Waals surface area contributed by atoms with Crippen molar-refractivity contribution in [3.8, 4) is 5.75 Å². The molecule has 2 N–H and O–H groups in total. The van der Waals surface area contributed by atoms with Gasteiger partial charge in [0.1, 0.15) is 11.9 Å². The molecule has 0 aliphatic carbocycles. The maximum atomic E-state index is 5.80. The van der Waals surface area contributed by atoms with E-state index >= 15 is 0 Å². The summed E-state index contributed by atoms with van der Waals surface area (Å²) in [5.74, 6) is 1.02. The summed E-state index contributed by atoms with van der Waals surface area (Å²) in [6.07, 6.45) is 1.33. The van der Waals surface area contributed by atoms with Crippen molar-refractivity contribution in [1.29, 1.82) is 0 Å². The second-order valence-electron chi connectivity index (χ2n) is 3.79. The molecule has 1 aliphatic rings. The lowest BCUT2D eigenvalue weighted by Crippen LogP contribution is -2.05. The van der Waals surface area contributed by atoms with Crippen molar-refractivity contribution in [3.05, 3.63) is 29.3 Å². The number of ether oxygens (including phenoxy) is 1. The molecule has 1 aromatic rings. The molecule has 0 saturated heterocycles. The fourth-order valence-electron chi connectivity index (χ4n) is 1.73. The summed E-state index contributed by atoms with van der Waals surface area (Å²) in [5.41, 5.74) is 8.29. The van der Waals surface area contributed by atoms with Crippen LogP contribution in [0.1, 0.15) is 31.0 Å². The molecule has 70 valence electrons. The average molecular weight is 177 g/mol. The van der Waals surface area contributed by atoms with Crippen LogP contribution in [0.25, 0.3) is 0 Å². The predicted molar refractivity (Wildman–Crippen MR) is 52.8 cm³/mol. The number of fused-ring (bicyclic) bond motifs is 1. The Morgan fingerprint density at radius 3 is 3.00 bits per heavy atom. The zero-order chi connectivity index (χ0) is 9.42. The molecule has 0 aromatic heterocycles. The van der Waals surface area contributed by atoms with E-state index in [0.29, 0.717) is 6.10 Å². The molecule has 1 aromatic carbocycles. The Morgan fingerprint density at radius 1 is 1.54 bits per heavy atom. The molecular weight excluding hydrogens is 162 g/mol. The Kier molecular flexibility index (Phi) is 2.00. The molecule has 2 nitrogen and oxygen atoms in total. The summed E-state index contributed by atoms with van der Waals surface area (Å²) in [7, 11) is 0. The van der Waals surface area contributed by atoms with Crippen molar-refractivity contribution >= 4 is 0 Å². The van der Waals surface area contributed by atoms with E-state index < -0.39 is 0 Å². The van der Waals surface area contributed by atoms with Crippen LogP contribution in [0, 0.1) is 0 Å². The minimum atomic E-state index is 0.112. The molecule has 2 heteroatoms. The van der Waals surface area contributed by atoms with Gasteiger partial charge in [0.2, 0.25) is 0 Å². The molecule has 0 bridgehead atoms. The van der Waals surface area contributed by atoms with Crippen LogP contribution in [-0.4, -0.2) is 6.10 Å². The zero-order valence-electron chi connectivity index (χ0n) is 8.08. The second-order valence-corrected chi connectivity index (χ2v) is 3.79. The molecule has 0 spiro atoms. The number of hydrogen-bond donors (Lipinski definition) is 1. The molecule has 2 rings (SSSR count). The van der Waals surface area contributed by atoms with Gasteiger partial charge in [-0.25, -0.2) is 0 Å². The Hall–Kier alpha value is -1.02. The largest absolute Gasteiger partial charge is 0.490 e. The predicted octanol–water partition coefficient (Wildman–Crippen LogP) is 2.03. The van der Waals surface area contributed by atoms with Crippen molar-refractivity contribution < 1.29 is 4.74 Å². The quantitative estimate of drug-likeness (QED) is 0.712. The summed E-state index contributed by atoms with van der Waals surface area (Å²) in [5, 5.41) is 0. The van der Waals surface area contributed by atoms with Crippen molar-refractivity contribution in [2.45, 2.75) is 32.4 Å². The highest BCUT2D eigenvalue weighted by Gasteiger charge is 2.19. The monoisotopic (exact) mass is 177 g/mol. The summed E-state index contributed by atoms with van der Waals surface area (Å²) < 4.78 is 5.60. The molecule has 1 heterocycles. The Labute approximate surface area is 78.7 Å². The molecule has 1 aliphatic heterocycles. The second kappa shape index (κ2) is 3.04. The van der Waals surface area contributed by atoms with Gasteiger partial charge in [-0.3, -0.25) is 0 Å². The van der Waals surface area contributed by atoms with Crippen molar-refractivity contribution in [3.63, 3.8) is 0 Å². The molecule has 0 radical (unpaired) electrons. The van der Waals surface area contributed by atoms with Gasteiger partial charge in [-0.15, -0.1) is 0 Å². The minimum Gasteiger partial charge on any atom is -0.490 e. The van der Waals surface area contributed by atoms with Crippen molar-refractivity contribution in [2.75, 3.05) is 0 Å². The van der Waals surface area contributed by atoms with Gasteiger partial charge in [-0.05, 0) is 31.0 Å². The third kappa shape index (κ3) is 1.54. The molecule has 2 atom stereocenters. The summed E-state index contributed by atoms with van der Waals surface area (Å²) >= 11 is 0. The SMILES string of the molecule is C[C@@H]1Cc2cc([C@H](C)N)ccc2O1. The van der Waals surface area contributed by atoms with Crippen molar-refractivity contribution in [2.24, 2.45) is 5.73 Å². The summed E-state index contributed by atoms with van der Waals surface area (Å²) in [4.78, 5) is 0. The van der Waals surface area contributed by atoms with E-state index in [4.69, 9.17) is 10.5 Å².